The molecule has 0 radical (unpaired) electrons. The summed E-state index contributed by atoms with van der Waals surface area (Å²) in [6, 6.07) is 8.97. The molecule has 2 N–H and O–H groups in total. The third kappa shape index (κ3) is 5.01. The largest absolute Gasteiger partial charge is 0.437 e. The first-order chi connectivity index (χ1) is 16.7. The van der Waals surface area contributed by atoms with Gasteiger partial charge in [-0.05, 0) is 61.9 Å². The first-order valence-electron chi connectivity index (χ1n) is 11.2. The lowest BCUT2D eigenvalue weighted by molar-refractivity contribution is -0.726. The van der Waals surface area contributed by atoms with Crippen LogP contribution < -0.4 is 14.1 Å². The molecule has 0 bridgehead atoms. The van der Waals surface area contributed by atoms with Crippen molar-refractivity contribution in [1.82, 2.24) is 15.1 Å². The Labute approximate surface area is 209 Å². The standard InChI is InChI=1S/C25H24ClN5O3S/c1-15-8-16(2)24(21(9-15)17-4-5-17)34-25-23(35(32,33)30-20-13-28-31(3)14-20)7-6-22(29-25)18-10-19(26)12-27-11-18/h6-14,17,30H,4-5H2,1-3H3/p+1. The van der Waals surface area contributed by atoms with Crippen molar-refractivity contribution in [3.63, 3.8) is 0 Å². The molecule has 1 fully saturated rings. The summed E-state index contributed by atoms with van der Waals surface area (Å²) >= 11 is 6.13. The van der Waals surface area contributed by atoms with E-state index >= 15 is 0 Å². The van der Waals surface area contributed by atoms with E-state index in [4.69, 9.17) is 16.3 Å². The van der Waals surface area contributed by atoms with Gasteiger partial charge < -0.3 is 4.74 Å². The van der Waals surface area contributed by atoms with E-state index in [1.807, 2.05) is 19.9 Å². The highest BCUT2D eigenvalue weighted by Gasteiger charge is 2.30. The lowest BCUT2D eigenvalue weighted by Gasteiger charge is -2.17. The summed E-state index contributed by atoms with van der Waals surface area (Å²) in [5.74, 6) is 1.04. The number of H-pyrrole nitrogens is 1. The second-order valence-electron chi connectivity index (χ2n) is 8.84. The predicted octanol–water partition coefficient (Wildman–Crippen LogP) is 5.04. The van der Waals surface area contributed by atoms with Crippen LogP contribution in [0.5, 0.6) is 11.6 Å². The lowest BCUT2D eigenvalue weighted by Crippen LogP contribution is -2.28. The van der Waals surface area contributed by atoms with Crippen LogP contribution in [0.3, 0.4) is 0 Å². The number of hydrogen-bond donors (Lipinski definition) is 2. The molecule has 1 aromatic carbocycles. The third-order valence-corrected chi connectivity index (χ3v) is 7.39. The molecule has 0 atom stereocenters. The molecule has 10 heteroatoms. The number of ether oxygens (including phenoxy) is 1. The number of hydrogen-bond acceptors (Lipinski definition) is 5. The van der Waals surface area contributed by atoms with Crippen molar-refractivity contribution in [3.05, 3.63) is 76.8 Å². The van der Waals surface area contributed by atoms with Gasteiger partial charge >= 0.3 is 0 Å². The molecule has 180 valence electrons. The van der Waals surface area contributed by atoms with Crippen LogP contribution in [-0.4, -0.2) is 23.5 Å². The summed E-state index contributed by atoms with van der Waals surface area (Å²) in [6.07, 6.45) is 8.51. The molecule has 0 saturated heterocycles. The van der Waals surface area contributed by atoms with Crippen molar-refractivity contribution < 1.29 is 17.8 Å². The number of nitrogens with zero attached hydrogens (tertiary/aromatic N) is 3. The fourth-order valence-electron chi connectivity index (χ4n) is 4.06. The highest BCUT2D eigenvalue weighted by Crippen LogP contribution is 2.47. The van der Waals surface area contributed by atoms with Gasteiger partial charge in [-0.3, -0.25) is 9.71 Å². The molecule has 8 nitrogen and oxygen atoms in total. The van der Waals surface area contributed by atoms with E-state index < -0.39 is 10.0 Å². The maximum Gasteiger partial charge on any atom is 0.267 e. The van der Waals surface area contributed by atoms with Crippen molar-refractivity contribution >= 4 is 27.3 Å². The van der Waals surface area contributed by atoms with Gasteiger partial charge in [0, 0.05) is 18.0 Å². The normalized spacial score (nSPS) is 13.6. The molecule has 1 aliphatic carbocycles. The van der Waals surface area contributed by atoms with Gasteiger partial charge in [-0.25, -0.2) is 13.4 Å². The lowest BCUT2D eigenvalue weighted by atomic mass is 10.0. The predicted molar refractivity (Wildman–Crippen MR) is 133 cm³/mol. The SMILES string of the molecule is Cc1cc(C)c(Oc2nc(-c3cncc(Cl)c3)ccc2S(=O)(=O)Nc2c[nH][n+](C)c2)c(C2CC2)c1. The number of sulfonamides is 1. The van der Waals surface area contributed by atoms with Crippen LogP contribution in [0.4, 0.5) is 5.69 Å². The average Bonchev–Trinajstić information content (AvgIpc) is 3.57. The van der Waals surface area contributed by atoms with E-state index in [0.29, 0.717) is 33.6 Å². The number of aryl methyl sites for hydroxylation is 3. The molecule has 1 saturated carbocycles. The molecule has 5 rings (SSSR count). The number of pyridine rings is 2. The number of benzene rings is 1. The van der Waals surface area contributed by atoms with Crippen molar-refractivity contribution in [1.29, 1.82) is 0 Å². The van der Waals surface area contributed by atoms with Gasteiger partial charge in [0.1, 0.15) is 16.3 Å². The summed E-state index contributed by atoms with van der Waals surface area (Å²) in [5.41, 5.74) is 4.69. The number of nitrogens with one attached hydrogen (secondary N) is 2. The first-order valence-corrected chi connectivity index (χ1v) is 13.0. The Morgan fingerprint density at radius 1 is 1.17 bits per heavy atom. The summed E-state index contributed by atoms with van der Waals surface area (Å²) in [7, 11) is -2.24. The Bertz CT molecular complexity index is 1530. The van der Waals surface area contributed by atoms with Crippen LogP contribution in [0.2, 0.25) is 5.02 Å². The molecule has 0 amide bonds. The minimum Gasteiger partial charge on any atom is -0.437 e. The van der Waals surface area contributed by atoms with Crippen molar-refractivity contribution in [3.8, 4) is 22.9 Å². The number of aromatic amines is 1. The molecule has 4 aromatic rings. The van der Waals surface area contributed by atoms with E-state index in [9.17, 15) is 8.42 Å². The highest BCUT2D eigenvalue weighted by atomic mass is 35.5. The minimum absolute atomic E-state index is 0.0104. The van der Waals surface area contributed by atoms with Gasteiger partial charge in [0.25, 0.3) is 10.0 Å². The van der Waals surface area contributed by atoms with Gasteiger partial charge in [0.05, 0.1) is 16.9 Å². The Morgan fingerprint density at radius 2 is 1.97 bits per heavy atom. The van der Waals surface area contributed by atoms with Crippen molar-refractivity contribution in [2.24, 2.45) is 7.05 Å². The number of anilines is 1. The zero-order chi connectivity index (χ0) is 24.7. The maximum atomic E-state index is 13.4. The monoisotopic (exact) mass is 510 g/mol. The van der Waals surface area contributed by atoms with E-state index in [-0.39, 0.29) is 10.8 Å². The average molecular weight is 511 g/mol. The summed E-state index contributed by atoms with van der Waals surface area (Å²) in [6.45, 7) is 4.01. The molecule has 0 spiro atoms. The van der Waals surface area contributed by atoms with Gasteiger partial charge in [-0.2, -0.15) is 5.10 Å². The Morgan fingerprint density at radius 3 is 2.66 bits per heavy atom. The van der Waals surface area contributed by atoms with Crippen LogP contribution >= 0.6 is 11.6 Å². The van der Waals surface area contributed by atoms with Crippen LogP contribution in [0.25, 0.3) is 11.3 Å². The fraction of sp³-hybridized carbons (Fsp3) is 0.240. The van der Waals surface area contributed by atoms with Crippen molar-refractivity contribution in [2.75, 3.05) is 4.72 Å². The number of rotatable bonds is 7. The maximum absolute atomic E-state index is 13.4. The quantitative estimate of drug-likeness (QED) is 0.339. The van der Waals surface area contributed by atoms with Crippen molar-refractivity contribution in [2.45, 2.75) is 37.5 Å². The molecule has 35 heavy (non-hydrogen) atoms. The molecular weight excluding hydrogens is 486 g/mol. The van der Waals surface area contributed by atoms with E-state index in [1.165, 1.54) is 12.3 Å². The molecular formula is C25H25ClN5O3S+. The second-order valence-corrected chi connectivity index (χ2v) is 10.9. The smallest absolute Gasteiger partial charge is 0.267 e. The van der Waals surface area contributed by atoms with Gasteiger partial charge in [-0.1, -0.05) is 29.3 Å². The zero-order valence-electron chi connectivity index (χ0n) is 19.5. The molecule has 1 aliphatic rings. The van der Waals surface area contributed by atoms with Crippen LogP contribution in [0.1, 0.15) is 35.4 Å². The molecule has 3 aromatic heterocycles. The first kappa shape index (κ1) is 23.3. The third-order valence-electron chi connectivity index (χ3n) is 5.79. The Balaban J connectivity index is 1.63. The minimum atomic E-state index is -4.01. The zero-order valence-corrected chi connectivity index (χ0v) is 21.1. The van der Waals surface area contributed by atoms with E-state index in [0.717, 1.165) is 29.5 Å². The van der Waals surface area contributed by atoms with Gasteiger partial charge in [0.2, 0.25) is 12.1 Å². The van der Waals surface area contributed by atoms with Crippen LogP contribution in [0.15, 0.2) is 60.0 Å². The number of halogens is 1. The molecule has 0 unspecified atom stereocenters. The van der Waals surface area contributed by atoms with E-state index in [1.54, 1.807) is 42.5 Å². The summed E-state index contributed by atoms with van der Waals surface area (Å²) in [5, 5.41) is 3.35. The topological polar surface area (TPSA) is 101 Å². The van der Waals surface area contributed by atoms with Crippen LogP contribution in [0, 0.1) is 13.8 Å². The summed E-state index contributed by atoms with van der Waals surface area (Å²) < 4.78 is 37.4. The van der Waals surface area contributed by atoms with Gasteiger partial charge in [-0.15, -0.1) is 4.68 Å². The molecule has 0 aliphatic heterocycles. The van der Waals surface area contributed by atoms with Crippen LogP contribution in [-0.2, 0) is 17.1 Å². The summed E-state index contributed by atoms with van der Waals surface area (Å²) in [4.78, 5) is 8.68. The van der Waals surface area contributed by atoms with Gasteiger partial charge in [0.15, 0.2) is 7.05 Å². The highest BCUT2D eigenvalue weighted by molar-refractivity contribution is 7.92. The second kappa shape index (κ2) is 8.98. The van der Waals surface area contributed by atoms with E-state index in [2.05, 4.69) is 25.9 Å². The fourth-order valence-corrected chi connectivity index (χ4v) is 5.33. The number of aromatic nitrogens is 4. The molecule has 3 heterocycles. The Hall–Kier alpha value is -3.43. The Kier molecular flexibility index (Phi) is 5.98.